The number of carbonyl (C=O) groups is 3. The monoisotopic (exact) mass is 378 g/mol. The van der Waals surface area contributed by atoms with Gasteiger partial charge in [-0.05, 0) is 25.1 Å². The molecule has 136 valence electrons. The molecule has 0 aliphatic rings. The molecule has 2 aromatic rings. The molecule has 0 unspecified atom stereocenters. The van der Waals surface area contributed by atoms with E-state index in [9.17, 15) is 18.8 Å². The van der Waals surface area contributed by atoms with E-state index in [2.05, 4.69) is 10.6 Å². The Balaban J connectivity index is 2.25. The number of nitrogens with one attached hydrogen (secondary N) is 2. The molecule has 0 aliphatic carbocycles. The van der Waals surface area contributed by atoms with Gasteiger partial charge in [0.25, 0.3) is 5.91 Å². The minimum absolute atomic E-state index is 0.0974. The van der Waals surface area contributed by atoms with Gasteiger partial charge in [0.05, 0.1) is 10.6 Å². The van der Waals surface area contributed by atoms with Gasteiger partial charge in [0, 0.05) is 12.1 Å². The molecule has 0 heterocycles. The highest BCUT2D eigenvalue weighted by Gasteiger charge is 2.27. The Morgan fingerprint density at radius 3 is 2.46 bits per heavy atom. The van der Waals surface area contributed by atoms with E-state index in [4.69, 9.17) is 16.3 Å². The maximum Gasteiger partial charge on any atom is 0.340 e. The lowest BCUT2D eigenvalue weighted by atomic mass is 10.1. The first-order valence-corrected chi connectivity index (χ1v) is 8.09. The van der Waals surface area contributed by atoms with Crippen LogP contribution in [0.15, 0.2) is 48.5 Å². The van der Waals surface area contributed by atoms with Crippen molar-refractivity contribution in [3.05, 3.63) is 70.5 Å². The lowest BCUT2D eigenvalue weighted by molar-refractivity contribution is -0.129. The van der Waals surface area contributed by atoms with Gasteiger partial charge in [-0.1, -0.05) is 41.9 Å². The Hall–Kier alpha value is -2.93. The summed E-state index contributed by atoms with van der Waals surface area (Å²) in [5.41, 5.74) is 0.265. The molecule has 1 atom stereocenters. The van der Waals surface area contributed by atoms with Crippen LogP contribution in [0.3, 0.4) is 0 Å². The van der Waals surface area contributed by atoms with E-state index in [1.54, 1.807) is 37.3 Å². The van der Waals surface area contributed by atoms with Crippen molar-refractivity contribution in [1.82, 2.24) is 10.6 Å². The van der Waals surface area contributed by atoms with Crippen molar-refractivity contribution in [3.63, 3.8) is 0 Å². The smallest absolute Gasteiger partial charge is 0.340 e. The molecular weight excluding hydrogens is 363 g/mol. The lowest BCUT2D eigenvalue weighted by Gasteiger charge is -2.18. The Kier molecular flexibility index (Phi) is 6.68. The second-order valence-electron chi connectivity index (χ2n) is 5.17. The quantitative estimate of drug-likeness (QED) is 0.782. The fraction of sp³-hybridized carbons (Fsp3) is 0.167. The van der Waals surface area contributed by atoms with Crippen LogP contribution in [0.25, 0.3) is 0 Å². The largest absolute Gasteiger partial charge is 0.444 e. The molecule has 0 radical (unpaired) electrons. The van der Waals surface area contributed by atoms with Gasteiger partial charge in [0.2, 0.25) is 6.10 Å². The zero-order valence-corrected chi connectivity index (χ0v) is 14.5. The van der Waals surface area contributed by atoms with Crippen molar-refractivity contribution < 1.29 is 23.5 Å². The molecule has 26 heavy (non-hydrogen) atoms. The molecule has 8 heteroatoms. The summed E-state index contributed by atoms with van der Waals surface area (Å²) in [5.74, 6) is -2.36. The van der Waals surface area contributed by atoms with Crippen LogP contribution < -0.4 is 10.6 Å². The molecule has 3 amide bonds. The first-order valence-electron chi connectivity index (χ1n) is 7.72. The van der Waals surface area contributed by atoms with E-state index in [1.165, 1.54) is 0 Å². The number of carbonyl (C=O) groups excluding carboxylic acids is 3. The third-order valence-corrected chi connectivity index (χ3v) is 3.60. The van der Waals surface area contributed by atoms with Gasteiger partial charge in [-0.15, -0.1) is 0 Å². The van der Waals surface area contributed by atoms with Gasteiger partial charge < -0.3 is 10.1 Å². The number of rotatable bonds is 5. The van der Waals surface area contributed by atoms with Crippen LogP contribution in [0.2, 0.25) is 5.02 Å². The Labute approximate surface area is 154 Å². The zero-order chi connectivity index (χ0) is 19.1. The van der Waals surface area contributed by atoms with Gasteiger partial charge in [0.15, 0.2) is 0 Å². The van der Waals surface area contributed by atoms with Gasteiger partial charge in [-0.2, -0.15) is 0 Å². The van der Waals surface area contributed by atoms with Crippen molar-refractivity contribution in [1.29, 1.82) is 0 Å². The van der Waals surface area contributed by atoms with Crippen molar-refractivity contribution >= 4 is 29.5 Å². The number of benzene rings is 2. The van der Waals surface area contributed by atoms with Crippen LogP contribution in [0.1, 0.15) is 28.9 Å². The fourth-order valence-corrected chi connectivity index (χ4v) is 2.35. The standard InChI is InChI=1S/C18H16ClFN2O4/c1-2-21-18(25)22-16(23)15(11-6-4-3-5-7-11)26-17(24)13-9-8-12(20)10-14(13)19/h3-10,15H,2H2,1H3,(H2,21,22,23,25)/t15-/m0/s1. The predicted molar refractivity (Wildman–Crippen MR) is 93.2 cm³/mol. The number of hydrogen-bond donors (Lipinski definition) is 2. The summed E-state index contributed by atoms with van der Waals surface area (Å²) in [7, 11) is 0. The molecule has 6 nitrogen and oxygen atoms in total. The highest BCUT2D eigenvalue weighted by molar-refractivity contribution is 6.33. The highest BCUT2D eigenvalue weighted by atomic mass is 35.5. The normalized spacial score (nSPS) is 11.3. The minimum atomic E-state index is -1.38. The van der Waals surface area contributed by atoms with Gasteiger partial charge in [-0.25, -0.2) is 14.0 Å². The Morgan fingerprint density at radius 1 is 1.15 bits per heavy atom. The summed E-state index contributed by atoms with van der Waals surface area (Å²) in [6.45, 7) is 2.01. The van der Waals surface area contributed by atoms with Crippen molar-refractivity contribution in [2.24, 2.45) is 0 Å². The maximum atomic E-state index is 13.1. The number of imide groups is 1. The minimum Gasteiger partial charge on any atom is -0.444 e. The SMILES string of the molecule is CCNC(=O)NC(=O)[C@@H](OC(=O)c1ccc(F)cc1Cl)c1ccccc1. The molecule has 0 aliphatic heterocycles. The van der Waals surface area contributed by atoms with E-state index in [-0.39, 0.29) is 10.6 Å². The fourth-order valence-electron chi connectivity index (χ4n) is 2.11. The van der Waals surface area contributed by atoms with Crippen LogP contribution in [0.4, 0.5) is 9.18 Å². The third kappa shape index (κ3) is 5.03. The molecular formula is C18H16ClFN2O4. The number of esters is 1. The van der Waals surface area contributed by atoms with Crippen LogP contribution in [0, 0.1) is 5.82 Å². The van der Waals surface area contributed by atoms with Gasteiger partial charge in [0.1, 0.15) is 5.82 Å². The predicted octanol–water partition coefficient (Wildman–Crippen LogP) is 3.22. The van der Waals surface area contributed by atoms with Crippen molar-refractivity contribution in [2.45, 2.75) is 13.0 Å². The van der Waals surface area contributed by atoms with E-state index >= 15 is 0 Å². The van der Waals surface area contributed by atoms with Crippen LogP contribution in [-0.2, 0) is 9.53 Å². The maximum absolute atomic E-state index is 13.1. The number of hydrogen-bond acceptors (Lipinski definition) is 4. The molecule has 0 saturated carbocycles. The molecule has 2 N–H and O–H groups in total. The summed E-state index contributed by atoms with van der Waals surface area (Å²) < 4.78 is 18.4. The molecule has 0 aromatic heterocycles. The van der Waals surface area contributed by atoms with Crippen LogP contribution in [-0.4, -0.2) is 24.5 Å². The average Bonchev–Trinajstić information content (AvgIpc) is 2.60. The van der Waals surface area contributed by atoms with Crippen LogP contribution in [0.5, 0.6) is 0 Å². The summed E-state index contributed by atoms with van der Waals surface area (Å²) in [6.07, 6.45) is -1.38. The lowest BCUT2D eigenvalue weighted by Crippen LogP contribution is -2.42. The Bertz CT molecular complexity index is 814. The molecule has 2 rings (SSSR count). The second-order valence-corrected chi connectivity index (χ2v) is 5.58. The number of urea groups is 1. The molecule has 2 aromatic carbocycles. The van der Waals surface area contributed by atoms with Gasteiger partial charge >= 0.3 is 12.0 Å². The summed E-state index contributed by atoms with van der Waals surface area (Å²) in [6, 6.07) is 10.6. The van der Waals surface area contributed by atoms with Crippen molar-refractivity contribution in [3.8, 4) is 0 Å². The van der Waals surface area contributed by atoms with E-state index < -0.39 is 29.8 Å². The number of amides is 3. The molecule has 0 fully saturated rings. The first kappa shape index (κ1) is 19.4. The van der Waals surface area contributed by atoms with E-state index in [0.29, 0.717) is 12.1 Å². The van der Waals surface area contributed by atoms with E-state index in [1.807, 2.05) is 0 Å². The van der Waals surface area contributed by atoms with Gasteiger partial charge in [-0.3, -0.25) is 10.1 Å². The zero-order valence-electron chi connectivity index (χ0n) is 13.8. The van der Waals surface area contributed by atoms with Crippen molar-refractivity contribution in [2.75, 3.05) is 6.54 Å². The first-order chi connectivity index (χ1) is 12.4. The van der Waals surface area contributed by atoms with E-state index in [0.717, 1.165) is 18.2 Å². The molecule has 0 spiro atoms. The summed E-state index contributed by atoms with van der Waals surface area (Å²) >= 11 is 5.85. The number of halogens is 2. The second kappa shape index (κ2) is 8.96. The summed E-state index contributed by atoms with van der Waals surface area (Å²) in [5, 5.41) is 4.36. The topological polar surface area (TPSA) is 84.5 Å². The number of ether oxygens (including phenoxy) is 1. The van der Waals surface area contributed by atoms with Crippen LogP contribution >= 0.6 is 11.6 Å². The molecule has 0 bridgehead atoms. The third-order valence-electron chi connectivity index (χ3n) is 3.29. The summed E-state index contributed by atoms with van der Waals surface area (Å²) in [4.78, 5) is 36.3. The molecule has 0 saturated heterocycles. The average molecular weight is 379 g/mol. The highest BCUT2D eigenvalue weighted by Crippen LogP contribution is 2.23. The Morgan fingerprint density at radius 2 is 1.85 bits per heavy atom.